The number of hydrogen-bond donors (Lipinski definition) is 1. The molecular weight excluding hydrogens is 256 g/mol. The number of nitrogens with zero attached hydrogens (tertiary/aromatic N) is 1. The molecule has 0 spiro atoms. The quantitative estimate of drug-likeness (QED) is 0.928. The second-order valence-electron chi connectivity index (χ2n) is 3.64. The highest BCUT2D eigenvalue weighted by molar-refractivity contribution is 6.31. The van der Waals surface area contributed by atoms with Crippen LogP contribution in [-0.2, 0) is 0 Å². The molecule has 1 aromatic heterocycles. The Kier molecular flexibility index (Phi) is 3.53. The average Bonchev–Trinajstić information content (AvgIpc) is 2.87. The van der Waals surface area contributed by atoms with Gasteiger partial charge in [-0.15, -0.1) is 0 Å². The lowest BCUT2D eigenvalue weighted by molar-refractivity contribution is 0.101. The summed E-state index contributed by atoms with van der Waals surface area (Å²) in [6.45, 7) is 1.84. The van der Waals surface area contributed by atoms with Crippen molar-refractivity contribution in [3.8, 4) is 5.75 Å². The largest absolute Gasteiger partial charge is 0.495 e. The Labute approximate surface area is 109 Å². The molecule has 0 unspecified atom stereocenters. The van der Waals surface area contributed by atoms with Crippen molar-refractivity contribution in [3.63, 3.8) is 0 Å². The van der Waals surface area contributed by atoms with E-state index in [0.29, 0.717) is 16.5 Å². The Bertz CT molecular complexity index is 567. The molecule has 1 amide bonds. The number of aromatic nitrogens is 1. The van der Waals surface area contributed by atoms with E-state index < -0.39 is 0 Å². The van der Waals surface area contributed by atoms with Crippen LogP contribution in [-0.4, -0.2) is 18.2 Å². The van der Waals surface area contributed by atoms with Gasteiger partial charge in [-0.2, -0.15) is 0 Å². The maximum atomic E-state index is 11.8. The number of methoxy groups -OCH3 is 1. The predicted octanol–water partition coefficient (Wildman–Crippen LogP) is 2.90. The van der Waals surface area contributed by atoms with Crippen molar-refractivity contribution in [1.82, 2.24) is 5.16 Å². The zero-order valence-electron chi connectivity index (χ0n) is 9.86. The number of rotatable bonds is 3. The van der Waals surface area contributed by atoms with E-state index in [4.69, 9.17) is 16.3 Å². The predicted molar refractivity (Wildman–Crippen MR) is 67.2 cm³/mol. The summed E-state index contributed by atoms with van der Waals surface area (Å²) >= 11 is 5.98. The molecule has 1 heterocycles. The zero-order chi connectivity index (χ0) is 13.1. The number of halogens is 1. The summed E-state index contributed by atoms with van der Waals surface area (Å²) in [5.74, 6) is 0.117. The van der Waals surface area contributed by atoms with Crippen molar-refractivity contribution < 1.29 is 14.1 Å². The molecule has 0 fully saturated rings. The molecule has 0 aliphatic rings. The van der Waals surface area contributed by atoms with Crippen LogP contribution >= 0.6 is 11.6 Å². The number of aryl methyl sites for hydroxylation is 1. The van der Waals surface area contributed by atoms with E-state index in [2.05, 4.69) is 15.0 Å². The lowest BCUT2D eigenvalue weighted by atomic mass is 10.2. The molecule has 0 radical (unpaired) electrons. The third-order valence-electron chi connectivity index (χ3n) is 2.40. The fourth-order valence-corrected chi connectivity index (χ4v) is 1.60. The van der Waals surface area contributed by atoms with Crippen molar-refractivity contribution in [2.75, 3.05) is 12.4 Å². The molecule has 18 heavy (non-hydrogen) atoms. The highest BCUT2D eigenvalue weighted by atomic mass is 35.5. The number of nitrogens with one attached hydrogen (secondary N) is 1. The first-order valence-electron chi connectivity index (χ1n) is 5.17. The van der Waals surface area contributed by atoms with E-state index in [-0.39, 0.29) is 11.6 Å². The summed E-state index contributed by atoms with van der Waals surface area (Å²) in [5.41, 5.74) is 1.57. The van der Waals surface area contributed by atoms with Crippen LogP contribution in [0.25, 0.3) is 0 Å². The Balaban J connectivity index is 2.28. The summed E-state index contributed by atoms with van der Waals surface area (Å²) in [4.78, 5) is 11.8. The maximum absolute atomic E-state index is 11.8. The molecule has 2 aromatic rings. The van der Waals surface area contributed by atoms with Crippen LogP contribution in [0.4, 0.5) is 5.69 Å². The molecule has 94 valence electrons. The van der Waals surface area contributed by atoms with Crippen LogP contribution in [0, 0.1) is 6.92 Å². The first-order valence-corrected chi connectivity index (χ1v) is 5.55. The average molecular weight is 267 g/mol. The minimum atomic E-state index is -0.372. The van der Waals surface area contributed by atoms with E-state index in [9.17, 15) is 4.79 Å². The van der Waals surface area contributed by atoms with Gasteiger partial charge in [0.05, 0.1) is 12.8 Å². The molecule has 0 saturated carbocycles. The number of carbonyl (C=O) groups is 1. The van der Waals surface area contributed by atoms with Crippen LogP contribution in [0.1, 0.15) is 16.1 Å². The molecule has 6 heteroatoms. The van der Waals surface area contributed by atoms with Gasteiger partial charge in [-0.05, 0) is 18.6 Å². The fraction of sp³-hybridized carbons (Fsp3) is 0.167. The van der Waals surface area contributed by atoms with Gasteiger partial charge in [-0.25, -0.2) is 0 Å². The number of benzene rings is 1. The monoisotopic (exact) mass is 266 g/mol. The van der Waals surface area contributed by atoms with Gasteiger partial charge in [0.1, 0.15) is 12.0 Å². The summed E-state index contributed by atoms with van der Waals surface area (Å²) < 4.78 is 9.77. The molecular formula is C12H11ClN2O3. The first kappa shape index (κ1) is 12.4. The minimum absolute atomic E-state index is 0.199. The highest BCUT2D eigenvalue weighted by Crippen LogP contribution is 2.31. The van der Waals surface area contributed by atoms with E-state index in [1.807, 2.05) is 6.92 Å². The van der Waals surface area contributed by atoms with Gasteiger partial charge in [-0.3, -0.25) is 4.79 Å². The smallest absolute Gasteiger partial charge is 0.277 e. The number of carbonyl (C=O) groups excluding carboxylic acids is 1. The molecule has 2 rings (SSSR count). The van der Waals surface area contributed by atoms with Crippen LogP contribution in [0.15, 0.2) is 29.0 Å². The van der Waals surface area contributed by atoms with Crippen molar-refractivity contribution in [2.45, 2.75) is 6.92 Å². The zero-order valence-corrected chi connectivity index (χ0v) is 10.6. The van der Waals surface area contributed by atoms with E-state index >= 15 is 0 Å². The molecule has 0 aliphatic heterocycles. The summed E-state index contributed by atoms with van der Waals surface area (Å²) in [6.07, 6.45) is 1.33. The standard InChI is InChI=1S/C12H11ClN2O3/c1-7-5-10(11(17-2)6-8(7)13)14-12(16)9-3-4-18-15-9/h3-6H,1-2H3,(H,14,16). The van der Waals surface area contributed by atoms with Crippen molar-refractivity contribution in [1.29, 1.82) is 0 Å². The SMILES string of the molecule is COc1cc(Cl)c(C)cc1NC(=O)c1ccon1. The van der Waals surface area contributed by atoms with E-state index in [1.54, 1.807) is 12.1 Å². The van der Waals surface area contributed by atoms with Gasteiger partial charge in [0.25, 0.3) is 5.91 Å². The number of hydrogen-bond acceptors (Lipinski definition) is 4. The van der Waals surface area contributed by atoms with Gasteiger partial charge in [-0.1, -0.05) is 16.8 Å². The normalized spacial score (nSPS) is 10.2. The lowest BCUT2D eigenvalue weighted by Crippen LogP contribution is -2.13. The second kappa shape index (κ2) is 5.10. The molecule has 0 saturated heterocycles. The van der Waals surface area contributed by atoms with Crippen LogP contribution in [0.5, 0.6) is 5.75 Å². The molecule has 0 bridgehead atoms. The summed E-state index contributed by atoms with van der Waals surface area (Å²) in [5, 5.41) is 6.82. The Hall–Kier alpha value is -2.01. The summed E-state index contributed by atoms with van der Waals surface area (Å²) in [6, 6.07) is 4.86. The van der Waals surface area contributed by atoms with Gasteiger partial charge in [0.2, 0.25) is 0 Å². The van der Waals surface area contributed by atoms with Gasteiger partial charge >= 0.3 is 0 Å². The van der Waals surface area contributed by atoms with Crippen LogP contribution in [0.2, 0.25) is 5.02 Å². The minimum Gasteiger partial charge on any atom is -0.495 e. The topological polar surface area (TPSA) is 64.4 Å². The van der Waals surface area contributed by atoms with Gasteiger partial charge < -0.3 is 14.6 Å². The maximum Gasteiger partial charge on any atom is 0.277 e. The third kappa shape index (κ3) is 2.46. The molecule has 1 aromatic carbocycles. The van der Waals surface area contributed by atoms with E-state index in [1.165, 1.54) is 19.4 Å². The highest BCUT2D eigenvalue weighted by Gasteiger charge is 2.13. The third-order valence-corrected chi connectivity index (χ3v) is 2.81. The summed E-state index contributed by atoms with van der Waals surface area (Å²) in [7, 11) is 1.51. The number of anilines is 1. The first-order chi connectivity index (χ1) is 8.61. The van der Waals surface area contributed by atoms with Gasteiger partial charge in [0.15, 0.2) is 5.69 Å². The lowest BCUT2D eigenvalue weighted by Gasteiger charge is -2.11. The molecule has 1 N–H and O–H groups in total. The number of amides is 1. The van der Waals surface area contributed by atoms with Gasteiger partial charge in [0, 0.05) is 17.2 Å². The second-order valence-corrected chi connectivity index (χ2v) is 4.05. The van der Waals surface area contributed by atoms with E-state index in [0.717, 1.165) is 5.56 Å². The molecule has 0 atom stereocenters. The van der Waals surface area contributed by atoms with Crippen molar-refractivity contribution in [2.24, 2.45) is 0 Å². The molecule has 0 aliphatic carbocycles. The fourth-order valence-electron chi connectivity index (χ4n) is 1.45. The Morgan fingerprint density at radius 1 is 1.50 bits per heavy atom. The Morgan fingerprint density at radius 3 is 2.89 bits per heavy atom. The van der Waals surface area contributed by atoms with Crippen molar-refractivity contribution >= 4 is 23.2 Å². The Morgan fingerprint density at radius 2 is 2.28 bits per heavy atom. The van der Waals surface area contributed by atoms with Crippen LogP contribution in [0.3, 0.4) is 0 Å². The molecule has 5 nitrogen and oxygen atoms in total. The number of ether oxygens (including phenoxy) is 1. The van der Waals surface area contributed by atoms with Crippen LogP contribution < -0.4 is 10.1 Å². The van der Waals surface area contributed by atoms with Crippen molar-refractivity contribution in [3.05, 3.63) is 40.7 Å².